The van der Waals surface area contributed by atoms with Crippen LogP contribution < -0.4 is 11.1 Å². The number of aryl methyl sites for hydroxylation is 6. The van der Waals surface area contributed by atoms with Crippen LogP contribution in [0.3, 0.4) is 0 Å². The summed E-state index contributed by atoms with van der Waals surface area (Å²) in [6.45, 7) is 8.34. The second-order valence-electron chi connectivity index (χ2n) is 11.5. The third kappa shape index (κ3) is 9.65. The Morgan fingerprint density at radius 3 is 1.57 bits per heavy atom. The molecule has 0 fully saturated rings. The van der Waals surface area contributed by atoms with Gasteiger partial charge in [0, 0.05) is 9.75 Å². The van der Waals surface area contributed by atoms with E-state index in [9.17, 15) is 19.2 Å². The molecule has 11 heteroatoms. The van der Waals surface area contributed by atoms with Gasteiger partial charge in [0.15, 0.2) is 0 Å². The van der Waals surface area contributed by atoms with E-state index in [4.69, 9.17) is 10.8 Å². The maximum Gasteiger partial charge on any atom is 0.345 e. The van der Waals surface area contributed by atoms with Gasteiger partial charge in [-0.15, -0.1) is 22.7 Å². The van der Waals surface area contributed by atoms with Crippen LogP contribution in [0.5, 0.6) is 0 Å². The van der Waals surface area contributed by atoms with Gasteiger partial charge in [-0.1, -0.05) is 50.2 Å². The van der Waals surface area contributed by atoms with Gasteiger partial charge in [0.05, 0.1) is 25.6 Å². The van der Waals surface area contributed by atoms with Crippen molar-refractivity contribution in [3.05, 3.63) is 90.7 Å². The summed E-state index contributed by atoms with van der Waals surface area (Å²) in [7, 11) is 2.61. The van der Waals surface area contributed by atoms with Crippen LogP contribution in [0.1, 0.15) is 78.7 Å². The van der Waals surface area contributed by atoms with Gasteiger partial charge in [0.2, 0.25) is 0 Å². The Morgan fingerprint density at radius 1 is 0.714 bits per heavy atom. The van der Waals surface area contributed by atoms with E-state index in [1.165, 1.54) is 97.4 Å². The topological polar surface area (TPSA) is 145 Å². The second kappa shape index (κ2) is 17.9. The van der Waals surface area contributed by atoms with Crippen LogP contribution in [0.15, 0.2) is 36.4 Å². The second-order valence-corrected chi connectivity index (χ2v) is 13.6. The molecule has 9 nitrogen and oxygen atoms in total. The van der Waals surface area contributed by atoms with Crippen molar-refractivity contribution in [2.75, 3.05) is 27.3 Å². The number of hydrogen-bond acceptors (Lipinski definition) is 9. The molecule has 2 heterocycles. The van der Waals surface area contributed by atoms with Crippen molar-refractivity contribution in [3.63, 3.8) is 0 Å². The summed E-state index contributed by atoms with van der Waals surface area (Å²) in [4.78, 5) is 47.7. The van der Waals surface area contributed by atoms with E-state index in [1.54, 1.807) is 0 Å². The molecule has 0 aliphatic heterocycles. The Labute approximate surface area is 297 Å². The number of fused-ring (bicyclic) bond motifs is 6. The number of thiophene rings is 2. The fourth-order valence-electron chi connectivity index (χ4n) is 5.88. The largest absolute Gasteiger partial charge is 0.477 e. The number of carbonyl (C=O) groups is 4. The Kier molecular flexibility index (Phi) is 14.9. The number of nitrogens with one attached hydrogen (secondary N) is 1. The smallest absolute Gasteiger partial charge is 0.345 e. The molecule has 2 aromatic heterocycles. The Hall–Kier alpha value is -4.32. The van der Waals surface area contributed by atoms with E-state index in [0.29, 0.717) is 9.75 Å². The molecule has 0 spiro atoms. The molecule has 2 aliphatic carbocycles. The van der Waals surface area contributed by atoms with Crippen LogP contribution in [0.4, 0.5) is 0 Å². The molecule has 4 N–H and O–H groups in total. The average Bonchev–Trinajstić information content (AvgIpc) is 3.69. The molecule has 2 aromatic carbocycles. The van der Waals surface area contributed by atoms with E-state index in [1.807, 2.05) is 12.1 Å². The first-order valence-electron chi connectivity index (χ1n) is 15.2. The average molecular weight is 709 g/mol. The SMILES string of the molecule is C.C.COC(=O)CN.COC(=O)CNC(=O)c1cc2c(s1)-c1cc(C)cc(C)c1CC2.Cc1cc(C)c2c(c1)-c1sc(C(=O)O)cc1CC2. The highest BCUT2D eigenvalue weighted by Gasteiger charge is 2.24. The van der Waals surface area contributed by atoms with Gasteiger partial charge in [-0.2, -0.15) is 0 Å². The normalized spacial score (nSPS) is 11.5. The van der Waals surface area contributed by atoms with Crippen molar-refractivity contribution >= 4 is 46.5 Å². The Morgan fingerprint density at radius 2 is 1.16 bits per heavy atom. The van der Waals surface area contributed by atoms with Crippen LogP contribution in [0.25, 0.3) is 20.9 Å². The lowest BCUT2D eigenvalue weighted by Gasteiger charge is -2.19. The first-order chi connectivity index (χ1) is 22.4. The highest BCUT2D eigenvalue weighted by Crippen LogP contribution is 2.42. The summed E-state index contributed by atoms with van der Waals surface area (Å²) >= 11 is 2.90. The molecule has 49 heavy (non-hydrogen) atoms. The van der Waals surface area contributed by atoms with E-state index >= 15 is 0 Å². The molecule has 264 valence electrons. The van der Waals surface area contributed by atoms with Gasteiger partial charge in [0.25, 0.3) is 5.91 Å². The minimum Gasteiger partial charge on any atom is -0.477 e. The van der Waals surface area contributed by atoms with Crippen LogP contribution in [0, 0.1) is 27.7 Å². The lowest BCUT2D eigenvalue weighted by molar-refractivity contribution is -0.140. The summed E-state index contributed by atoms with van der Waals surface area (Å²) < 4.78 is 8.68. The quantitative estimate of drug-likeness (QED) is 0.184. The number of esters is 2. The van der Waals surface area contributed by atoms with Gasteiger partial charge in [-0.25, -0.2) is 4.79 Å². The highest BCUT2D eigenvalue weighted by atomic mass is 32.1. The third-order valence-corrected chi connectivity index (χ3v) is 10.5. The molecule has 6 rings (SSSR count). The maximum absolute atomic E-state index is 12.2. The van der Waals surface area contributed by atoms with Crippen molar-refractivity contribution in [3.8, 4) is 20.9 Å². The number of benzene rings is 2. The summed E-state index contributed by atoms with van der Waals surface area (Å²) in [5.74, 6) is -1.87. The molecule has 4 aromatic rings. The number of methoxy groups -OCH3 is 2. The Bertz CT molecular complexity index is 1830. The van der Waals surface area contributed by atoms with E-state index < -0.39 is 11.9 Å². The van der Waals surface area contributed by atoms with Gasteiger partial charge in [-0.05, 0) is 110 Å². The van der Waals surface area contributed by atoms with Crippen molar-refractivity contribution in [2.45, 2.75) is 68.2 Å². The summed E-state index contributed by atoms with van der Waals surface area (Å²) in [6, 6.07) is 12.6. The highest BCUT2D eigenvalue weighted by molar-refractivity contribution is 7.18. The number of hydrogen-bond donors (Lipinski definition) is 3. The zero-order valence-electron chi connectivity index (χ0n) is 27.5. The number of amides is 1. The van der Waals surface area contributed by atoms with Crippen LogP contribution >= 0.6 is 22.7 Å². The fourth-order valence-corrected chi connectivity index (χ4v) is 8.14. The lowest BCUT2D eigenvalue weighted by Crippen LogP contribution is -2.29. The number of ether oxygens (including phenoxy) is 2. The maximum atomic E-state index is 12.2. The Balaban J connectivity index is 0.000000287. The molecule has 0 radical (unpaired) electrons. The molecule has 0 unspecified atom stereocenters. The van der Waals surface area contributed by atoms with Gasteiger partial charge < -0.3 is 25.6 Å². The molecule has 0 saturated carbocycles. The monoisotopic (exact) mass is 708 g/mol. The number of nitrogens with two attached hydrogens (primary N) is 1. The summed E-state index contributed by atoms with van der Waals surface area (Å²) in [6.07, 6.45) is 3.93. The minimum atomic E-state index is -0.819. The predicted molar refractivity (Wildman–Crippen MR) is 199 cm³/mol. The van der Waals surface area contributed by atoms with Crippen molar-refractivity contribution < 1.29 is 33.8 Å². The molecular weight excluding hydrogens is 661 g/mol. The van der Waals surface area contributed by atoms with Crippen LogP contribution in [-0.2, 0) is 44.7 Å². The predicted octanol–water partition coefficient (Wildman–Crippen LogP) is 7.25. The lowest BCUT2D eigenvalue weighted by atomic mass is 9.87. The number of carboxylic acids is 1. The van der Waals surface area contributed by atoms with Crippen LogP contribution in [-0.4, -0.2) is 56.2 Å². The van der Waals surface area contributed by atoms with E-state index in [-0.39, 0.29) is 39.8 Å². The van der Waals surface area contributed by atoms with Crippen molar-refractivity contribution in [1.82, 2.24) is 5.32 Å². The molecular formula is C38H48N2O7S2. The third-order valence-electron chi connectivity index (χ3n) is 8.08. The first-order valence-corrected chi connectivity index (χ1v) is 16.8. The fraction of sp³-hybridized carbons (Fsp3) is 0.368. The number of carbonyl (C=O) groups excluding carboxylic acids is 3. The van der Waals surface area contributed by atoms with E-state index in [2.05, 4.69) is 66.8 Å². The molecule has 2 aliphatic rings. The molecule has 0 bridgehead atoms. The zero-order chi connectivity index (χ0) is 34.4. The summed E-state index contributed by atoms with van der Waals surface area (Å²) in [5, 5.41) is 11.7. The number of rotatable bonds is 5. The first kappa shape index (κ1) is 40.9. The van der Waals surface area contributed by atoms with E-state index in [0.717, 1.165) is 30.6 Å². The summed E-state index contributed by atoms with van der Waals surface area (Å²) in [5.41, 5.74) is 17.6. The van der Waals surface area contributed by atoms with Crippen molar-refractivity contribution in [1.29, 1.82) is 0 Å². The molecule has 0 saturated heterocycles. The standard InChI is InChI=1S/C18H19NO3S.C15H14O2S.C3H7NO2.2CH4/c1-10-6-11(2)13-5-4-12-8-15(23-17(12)14(13)7-10)18(21)19-9-16(20)22-3;1-8-5-9(2)11-4-3-10-7-13(15(16)17)18-14(10)12(11)6-8;1-6-3(5)2-4;;/h6-8H,4-5,9H2,1-3H3,(H,19,21);5-7H,3-4H2,1-2H3,(H,16,17);2,4H2,1H3;2*1H4. The number of carboxylic acid groups (broad SMARTS) is 1. The molecule has 0 atom stereocenters. The van der Waals surface area contributed by atoms with Gasteiger partial charge >= 0.3 is 17.9 Å². The molecule has 1 amide bonds. The van der Waals surface area contributed by atoms with Gasteiger partial charge in [-0.3, -0.25) is 14.4 Å². The number of aromatic carboxylic acids is 1. The minimum absolute atomic E-state index is 0. The zero-order valence-corrected chi connectivity index (χ0v) is 29.1. The van der Waals surface area contributed by atoms with Crippen LogP contribution in [0.2, 0.25) is 0 Å². The van der Waals surface area contributed by atoms with Gasteiger partial charge in [0.1, 0.15) is 11.4 Å². The van der Waals surface area contributed by atoms with Crippen molar-refractivity contribution in [2.24, 2.45) is 5.73 Å².